The smallest absolute Gasteiger partial charge is 0.305 e. The third-order valence-corrected chi connectivity index (χ3v) is 3.54. The van der Waals surface area contributed by atoms with Gasteiger partial charge in [-0.15, -0.1) is 5.10 Å². The van der Waals surface area contributed by atoms with Gasteiger partial charge >= 0.3 is 5.97 Å². The van der Waals surface area contributed by atoms with E-state index in [2.05, 4.69) is 20.5 Å². The van der Waals surface area contributed by atoms with Crippen LogP contribution in [0.5, 0.6) is 0 Å². The van der Waals surface area contributed by atoms with E-state index >= 15 is 0 Å². The quantitative estimate of drug-likeness (QED) is 0.659. The van der Waals surface area contributed by atoms with Gasteiger partial charge in [-0.25, -0.2) is 14.1 Å². The fourth-order valence-corrected chi connectivity index (χ4v) is 2.30. The molecule has 26 heavy (non-hydrogen) atoms. The van der Waals surface area contributed by atoms with Crippen molar-refractivity contribution < 1.29 is 19.1 Å². The minimum atomic E-state index is -0.986. The summed E-state index contributed by atoms with van der Waals surface area (Å²) in [4.78, 5) is 26.9. The summed E-state index contributed by atoms with van der Waals surface area (Å²) >= 11 is 0. The van der Waals surface area contributed by atoms with Crippen molar-refractivity contribution >= 4 is 17.8 Å². The van der Waals surface area contributed by atoms with E-state index in [1.807, 2.05) is 0 Å². The molecule has 0 aliphatic carbocycles. The van der Waals surface area contributed by atoms with Crippen LogP contribution in [0.25, 0.3) is 0 Å². The van der Waals surface area contributed by atoms with Gasteiger partial charge in [0.1, 0.15) is 17.8 Å². The van der Waals surface area contributed by atoms with E-state index in [1.54, 1.807) is 18.2 Å². The second kappa shape index (κ2) is 7.55. The van der Waals surface area contributed by atoms with Crippen molar-refractivity contribution in [2.75, 3.05) is 5.32 Å². The molecule has 0 radical (unpaired) electrons. The van der Waals surface area contributed by atoms with Crippen LogP contribution in [-0.2, 0) is 17.9 Å². The van der Waals surface area contributed by atoms with Crippen LogP contribution in [0.15, 0.2) is 42.9 Å². The fraction of sp³-hybridized carbons (Fsp3) is 0.188. The highest BCUT2D eigenvalue weighted by molar-refractivity contribution is 6.01. The third-order valence-electron chi connectivity index (χ3n) is 3.54. The van der Waals surface area contributed by atoms with E-state index in [-0.39, 0.29) is 37.0 Å². The Kier molecular flexibility index (Phi) is 5.02. The molecule has 134 valence electrons. The molecular weight excluding hydrogens is 343 g/mol. The number of aryl methyl sites for hydroxylation is 1. The molecular formula is C16H15FN6O3. The van der Waals surface area contributed by atoms with Crippen LogP contribution >= 0.6 is 0 Å². The molecule has 1 aromatic carbocycles. The number of carbonyl (C=O) groups is 2. The second-order valence-corrected chi connectivity index (χ2v) is 5.39. The summed E-state index contributed by atoms with van der Waals surface area (Å²) in [5, 5.41) is 19.2. The van der Waals surface area contributed by atoms with Gasteiger partial charge in [-0.05, 0) is 12.1 Å². The number of hydrogen-bond acceptors (Lipinski definition) is 5. The van der Waals surface area contributed by atoms with Crippen LogP contribution in [0.3, 0.4) is 0 Å². The van der Waals surface area contributed by atoms with E-state index in [0.717, 1.165) is 0 Å². The zero-order valence-electron chi connectivity index (χ0n) is 13.5. The van der Waals surface area contributed by atoms with Crippen LogP contribution in [0.4, 0.5) is 10.3 Å². The van der Waals surface area contributed by atoms with Crippen molar-refractivity contribution in [3.05, 3.63) is 59.9 Å². The van der Waals surface area contributed by atoms with Crippen molar-refractivity contribution in [3.63, 3.8) is 0 Å². The number of nitrogens with one attached hydrogen (secondary N) is 1. The molecule has 2 heterocycles. The van der Waals surface area contributed by atoms with Crippen molar-refractivity contribution in [3.8, 4) is 0 Å². The zero-order chi connectivity index (χ0) is 18.5. The molecule has 0 saturated carbocycles. The topological polar surface area (TPSA) is 115 Å². The van der Waals surface area contributed by atoms with E-state index < -0.39 is 11.9 Å². The molecule has 0 fully saturated rings. The number of aliphatic carboxylic acids is 1. The predicted octanol–water partition coefficient (Wildman–Crippen LogP) is 1.39. The standard InChI is InChI=1S/C16H15FN6O3/c17-12-4-2-1-3-11(12)9-22-10-18-16(21-22)20-15(26)13-5-7-19-23(13)8-6-14(24)25/h1-5,7,10H,6,8-9H2,(H,24,25)(H,20,21,26). The van der Waals surface area contributed by atoms with Crippen LogP contribution in [0, 0.1) is 5.82 Å². The number of halogens is 1. The molecule has 0 aliphatic rings. The SMILES string of the molecule is O=C(O)CCn1nccc1C(=O)Nc1ncn(Cc2ccccc2F)n1. The molecule has 2 N–H and O–H groups in total. The lowest BCUT2D eigenvalue weighted by Crippen LogP contribution is -2.19. The summed E-state index contributed by atoms with van der Waals surface area (Å²) < 4.78 is 16.4. The lowest BCUT2D eigenvalue weighted by Gasteiger charge is -2.05. The lowest BCUT2D eigenvalue weighted by atomic mass is 10.2. The number of hydrogen-bond donors (Lipinski definition) is 2. The molecule has 10 heteroatoms. The Morgan fingerprint density at radius 1 is 1.23 bits per heavy atom. The van der Waals surface area contributed by atoms with Crippen LogP contribution in [0.2, 0.25) is 0 Å². The maximum atomic E-state index is 13.7. The first-order valence-electron chi connectivity index (χ1n) is 7.71. The summed E-state index contributed by atoms with van der Waals surface area (Å²) in [6.07, 6.45) is 2.63. The molecule has 9 nitrogen and oxygen atoms in total. The summed E-state index contributed by atoms with van der Waals surface area (Å²) in [5.74, 6) is -1.80. The molecule has 0 unspecified atom stereocenters. The Morgan fingerprint density at radius 3 is 2.81 bits per heavy atom. The molecule has 0 spiro atoms. The third kappa shape index (κ3) is 4.09. The number of benzene rings is 1. The number of amides is 1. The highest BCUT2D eigenvalue weighted by Crippen LogP contribution is 2.09. The molecule has 0 saturated heterocycles. The maximum absolute atomic E-state index is 13.7. The largest absolute Gasteiger partial charge is 0.481 e. The molecule has 3 aromatic rings. The normalized spacial score (nSPS) is 10.7. The van der Waals surface area contributed by atoms with Gasteiger partial charge in [0.2, 0.25) is 5.95 Å². The Bertz CT molecular complexity index is 935. The first-order chi connectivity index (χ1) is 12.5. The molecule has 3 rings (SSSR count). The minimum absolute atomic E-state index is 0.0531. The zero-order valence-corrected chi connectivity index (χ0v) is 13.5. The van der Waals surface area contributed by atoms with Gasteiger partial charge in [0.25, 0.3) is 5.91 Å². The van der Waals surface area contributed by atoms with Crippen LogP contribution in [0.1, 0.15) is 22.5 Å². The van der Waals surface area contributed by atoms with Crippen molar-refractivity contribution in [1.29, 1.82) is 0 Å². The summed E-state index contributed by atoms with van der Waals surface area (Å²) in [6.45, 7) is 0.242. The van der Waals surface area contributed by atoms with Crippen LogP contribution < -0.4 is 5.32 Å². The van der Waals surface area contributed by atoms with Crippen molar-refractivity contribution in [2.24, 2.45) is 0 Å². The van der Waals surface area contributed by atoms with Gasteiger partial charge in [0.05, 0.1) is 19.5 Å². The highest BCUT2D eigenvalue weighted by atomic mass is 19.1. The van der Waals surface area contributed by atoms with E-state index in [1.165, 1.54) is 34.0 Å². The van der Waals surface area contributed by atoms with Gasteiger partial charge in [-0.2, -0.15) is 5.10 Å². The molecule has 1 amide bonds. The van der Waals surface area contributed by atoms with Crippen molar-refractivity contribution in [2.45, 2.75) is 19.5 Å². The van der Waals surface area contributed by atoms with E-state index in [4.69, 9.17) is 5.11 Å². The average molecular weight is 358 g/mol. The summed E-state index contributed by atoms with van der Waals surface area (Å²) in [5.41, 5.74) is 0.638. The molecule has 0 bridgehead atoms. The predicted molar refractivity (Wildman–Crippen MR) is 88.0 cm³/mol. The fourth-order valence-electron chi connectivity index (χ4n) is 2.30. The second-order valence-electron chi connectivity index (χ2n) is 5.39. The first-order valence-corrected chi connectivity index (χ1v) is 7.71. The molecule has 0 atom stereocenters. The maximum Gasteiger partial charge on any atom is 0.305 e. The van der Waals surface area contributed by atoms with E-state index in [9.17, 15) is 14.0 Å². The molecule has 0 aliphatic heterocycles. The van der Waals surface area contributed by atoms with Crippen molar-refractivity contribution in [1.82, 2.24) is 24.5 Å². The monoisotopic (exact) mass is 358 g/mol. The number of carbonyl (C=O) groups excluding carboxylic acids is 1. The Labute approximate surface area is 147 Å². The Balaban J connectivity index is 1.66. The summed E-state index contributed by atoms with van der Waals surface area (Å²) in [6, 6.07) is 7.77. The van der Waals surface area contributed by atoms with E-state index in [0.29, 0.717) is 5.56 Å². The average Bonchev–Trinajstić information content (AvgIpc) is 3.24. The Morgan fingerprint density at radius 2 is 2.04 bits per heavy atom. The number of carboxylic acids is 1. The number of rotatable bonds is 7. The number of aromatic nitrogens is 5. The lowest BCUT2D eigenvalue weighted by molar-refractivity contribution is -0.137. The molecule has 2 aromatic heterocycles. The highest BCUT2D eigenvalue weighted by Gasteiger charge is 2.15. The van der Waals surface area contributed by atoms with Gasteiger partial charge in [-0.3, -0.25) is 19.6 Å². The van der Waals surface area contributed by atoms with Gasteiger partial charge in [-0.1, -0.05) is 18.2 Å². The van der Waals surface area contributed by atoms with Gasteiger partial charge < -0.3 is 5.11 Å². The van der Waals surface area contributed by atoms with Gasteiger partial charge in [0.15, 0.2) is 0 Å². The minimum Gasteiger partial charge on any atom is -0.481 e. The number of anilines is 1. The number of nitrogens with zero attached hydrogens (tertiary/aromatic N) is 5. The number of carboxylic acid groups (broad SMARTS) is 1. The first kappa shape index (κ1) is 17.3. The van der Waals surface area contributed by atoms with Gasteiger partial charge in [0, 0.05) is 11.8 Å². The Hall–Kier alpha value is -3.56. The summed E-state index contributed by atoms with van der Waals surface area (Å²) in [7, 11) is 0. The van der Waals surface area contributed by atoms with Crippen LogP contribution in [-0.4, -0.2) is 41.5 Å².